The van der Waals surface area contributed by atoms with Crippen LogP contribution in [0.3, 0.4) is 0 Å². The fourth-order valence-corrected chi connectivity index (χ4v) is 2.24. The van der Waals surface area contributed by atoms with Gasteiger partial charge in [0, 0.05) is 11.1 Å². The zero-order valence-corrected chi connectivity index (χ0v) is 11.7. The van der Waals surface area contributed by atoms with E-state index >= 15 is 0 Å². The first-order valence-electron chi connectivity index (χ1n) is 6.66. The maximum absolute atomic E-state index is 13.4. The van der Waals surface area contributed by atoms with Crippen LogP contribution in [0.25, 0.3) is 0 Å². The molecule has 2 rings (SSSR count). The van der Waals surface area contributed by atoms with E-state index in [4.69, 9.17) is 0 Å². The van der Waals surface area contributed by atoms with Crippen molar-refractivity contribution in [2.45, 2.75) is 13.3 Å². The van der Waals surface area contributed by atoms with Gasteiger partial charge in [0.05, 0.1) is 0 Å². The highest BCUT2D eigenvalue weighted by Crippen LogP contribution is 2.17. The number of halogens is 1. The van der Waals surface area contributed by atoms with Gasteiger partial charge in [-0.15, -0.1) is 0 Å². The fourth-order valence-electron chi connectivity index (χ4n) is 2.24. The molecule has 0 aliphatic rings. The normalized spacial score (nSPS) is 10.6. The first-order chi connectivity index (χ1) is 9.61. The van der Waals surface area contributed by atoms with E-state index in [0.717, 1.165) is 24.1 Å². The van der Waals surface area contributed by atoms with Gasteiger partial charge in [-0.2, -0.15) is 0 Å². The molecule has 0 spiro atoms. The van der Waals surface area contributed by atoms with Crippen LogP contribution < -0.4 is 5.32 Å². The Kier molecular flexibility index (Phi) is 4.64. The lowest BCUT2D eigenvalue weighted by Gasteiger charge is -2.09. The molecule has 0 saturated heterocycles. The topological polar surface area (TPSA) is 29.1 Å². The van der Waals surface area contributed by atoms with E-state index in [1.165, 1.54) is 12.1 Å². The fraction of sp³-hybridized carbons (Fsp3) is 0.235. The molecule has 104 valence electrons. The summed E-state index contributed by atoms with van der Waals surface area (Å²) in [4.78, 5) is 12.5. The van der Waals surface area contributed by atoms with E-state index in [1.54, 1.807) is 19.1 Å². The van der Waals surface area contributed by atoms with Crippen LogP contribution in [0.1, 0.15) is 27.0 Å². The highest BCUT2D eigenvalue weighted by atomic mass is 19.1. The molecule has 0 fully saturated rings. The number of benzene rings is 2. The van der Waals surface area contributed by atoms with Crippen molar-refractivity contribution >= 4 is 5.78 Å². The second-order valence-electron chi connectivity index (χ2n) is 4.86. The van der Waals surface area contributed by atoms with Gasteiger partial charge in [0.25, 0.3) is 0 Å². The van der Waals surface area contributed by atoms with E-state index < -0.39 is 0 Å². The van der Waals surface area contributed by atoms with Crippen LogP contribution >= 0.6 is 0 Å². The quantitative estimate of drug-likeness (QED) is 0.847. The number of ketones is 1. The molecule has 2 aromatic rings. The first-order valence-corrected chi connectivity index (χ1v) is 6.66. The molecule has 0 heterocycles. The summed E-state index contributed by atoms with van der Waals surface area (Å²) in [7, 11) is 1.88. The van der Waals surface area contributed by atoms with Crippen molar-refractivity contribution in [1.29, 1.82) is 0 Å². The molecular weight excluding hydrogens is 253 g/mol. The largest absolute Gasteiger partial charge is 0.319 e. The van der Waals surface area contributed by atoms with Crippen molar-refractivity contribution in [3.63, 3.8) is 0 Å². The minimum absolute atomic E-state index is 0.126. The molecule has 0 amide bonds. The SMILES string of the molecule is CNCCc1ccccc1C(=O)c1cc(C)cc(F)c1. The minimum Gasteiger partial charge on any atom is -0.319 e. The van der Waals surface area contributed by atoms with Crippen LogP contribution in [-0.4, -0.2) is 19.4 Å². The molecular formula is C17H18FNO. The van der Waals surface area contributed by atoms with Crippen LogP contribution in [-0.2, 0) is 6.42 Å². The standard InChI is InChI=1S/C17H18FNO/c1-12-9-14(11-15(18)10-12)17(20)16-6-4-3-5-13(16)7-8-19-2/h3-6,9-11,19H,7-8H2,1-2H3. The predicted molar refractivity (Wildman–Crippen MR) is 78.6 cm³/mol. The summed E-state index contributed by atoms with van der Waals surface area (Å²) in [5, 5.41) is 3.07. The van der Waals surface area contributed by atoms with Crippen LogP contribution in [0, 0.1) is 12.7 Å². The number of aryl methyl sites for hydroxylation is 1. The van der Waals surface area contributed by atoms with Crippen molar-refractivity contribution in [2.24, 2.45) is 0 Å². The number of likely N-dealkylation sites (N-methyl/N-ethyl adjacent to an activating group) is 1. The molecule has 2 aromatic carbocycles. The summed E-state index contributed by atoms with van der Waals surface area (Å²) in [6.45, 7) is 2.58. The summed E-state index contributed by atoms with van der Waals surface area (Å²) in [5.74, 6) is -0.500. The average Bonchev–Trinajstić information content (AvgIpc) is 2.43. The van der Waals surface area contributed by atoms with Gasteiger partial charge >= 0.3 is 0 Å². The lowest BCUT2D eigenvalue weighted by Crippen LogP contribution is -2.13. The van der Waals surface area contributed by atoms with Crippen LogP contribution in [0.4, 0.5) is 4.39 Å². The van der Waals surface area contributed by atoms with Crippen molar-refractivity contribution in [1.82, 2.24) is 5.32 Å². The molecule has 1 N–H and O–H groups in total. The Hall–Kier alpha value is -2.00. The van der Waals surface area contributed by atoms with Gasteiger partial charge in [0.2, 0.25) is 0 Å². The zero-order chi connectivity index (χ0) is 14.5. The molecule has 3 heteroatoms. The average molecular weight is 271 g/mol. The maximum Gasteiger partial charge on any atom is 0.193 e. The van der Waals surface area contributed by atoms with E-state index in [1.807, 2.05) is 25.2 Å². The third-order valence-electron chi connectivity index (χ3n) is 3.21. The van der Waals surface area contributed by atoms with E-state index in [2.05, 4.69) is 5.32 Å². The maximum atomic E-state index is 13.4. The highest BCUT2D eigenvalue weighted by Gasteiger charge is 2.14. The number of carbonyl (C=O) groups excluding carboxylic acids is 1. The summed E-state index contributed by atoms with van der Waals surface area (Å²) < 4.78 is 13.4. The van der Waals surface area contributed by atoms with E-state index in [9.17, 15) is 9.18 Å². The third-order valence-corrected chi connectivity index (χ3v) is 3.21. The van der Waals surface area contributed by atoms with Crippen molar-refractivity contribution in [2.75, 3.05) is 13.6 Å². The summed E-state index contributed by atoms with van der Waals surface area (Å²) >= 11 is 0. The van der Waals surface area contributed by atoms with Crippen molar-refractivity contribution in [3.8, 4) is 0 Å². The Balaban J connectivity index is 2.37. The second kappa shape index (κ2) is 6.44. The molecule has 0 radical (unpaired) electrons. The Bertz CT molecular complexity index is 602. The number of hydrogen-bond acceptors (Lipinski definition) is 2. The lowest BCUT2D eigenvalue weighted by molar-refractivity contribution is 0.103. The van der Waals surface area contributed by atoms with Gasteiger partial charge in [0.1, 0.15) is 5.82 Å². The molecule has 0 atom stereocenters. The molecule has 0 saturated carbocycles. The van der Waals surface area contributed by atoms with Gasteiger partial charge < -0.3 is 5.32 Å². The molecule has 0 aliphatic heterocycles. The van der Waals surface area contributed by atoms with Crippen LogP contribution in [0.2, 0.25) is 0 Å². The molecule has 0 aromatic heterocycles. The predicted octanol–water partition coefficient (Wildman–Crippen LogP) is 3.13. The number of carbonyl (C=O) groups is 1. The monoisotopic (exact) mass is 271 g/mol. The Morgan fingerprint density at radius 2 is 1.95 bits per heavy atom. The summed E-state index contributed by atoms with van der Waals surface area (Å²) in [5.41, 5.74) is 2.78. The summed E-state index contributed by atoms with van der Waals surface area (Å²) in [6.07, 6.45) is 0.771. The lowest BCUT2D eigenvalue weighted by atomic mass is 9.96. The smallest absolute Gasteiger partial charge is 0.193 e. The van der Waals surface area contributed by atoms with Crippen LogP contribution in [0.15, 0.2) is 42.5 Å². The zero-order valence-electron chi connectivity index (χ0n) is 11.7. The van der Waals surface area contributed by atoms with Crippen molar-refractivity contribution in [3.05, 3.63) is 70.5 Å². The number of rotatable bonds is 5. The second-order valence-corrected chi connectivity index (χ2v) is 4.86. The van der Waals surface area contributed by atoms with Gasteiger partial charge in [-0.05, 0) is 56.3 Å². The Labute approximate surface area is 118 Å². The van der Waals surface area contributed by atoms with Crippen molar-refractivity contribution < 1.29 is 9.18 Å². The molecule has 0 bridgehead atoms. The molecule has 0 aliphatic carbocycles. The summed E-state index contributed by atoms with van der Waals surface area (Å²) in [6, 6.07) is 11.9. The van der Waals surface area contributed by atoms with E-state index in [-0.39, 0.29) is 11.6 Å². The van der Waals surface area contributed by atoms with Gasteiger partial charge in [-0.25, -0.2) is 4.39 Å². The number of nitrogens with one attached hydrogen (secondary N) is 1. The Morgan fingerprint density at radius 3 is 2.65 bits per heavy atom. The molecule has 2 nitrogen and oxygen atoms in total. The molecule has 0 unspecified atom stereocenters. The highest BCUT2D eigenvalue weighted by molar-refractivity contribution is 6.10. The van der Waals surface area contributed by atoms with Gasteiger partial charge in [0.15, 0.2) is 5.78 Å². The minimum atomic E-state index is -0.374. The Morgan fingerprint density at radius 1 is 1.20 bits per heavy atom. The van der Waals surface area contributed by atoms with E-state index in [0.29, 0.717) is 11.1 Å². The van der Waals surface area contributed by atoms with Gasteiger partial charge in [-0.1, -0.05) is 24.3 Å². The first kappa shape index (κ1) is 14.4. The molecule has 20 heavy (non-hydrogen) atoms. The van der Waals surface area contributed by atoms with Gasteiger partial charge in [-0.3, -0.25) is 4.79 Å². The number of hydrogen-bond donors (Lipinski definition) is 1. The van der Waals surface area contributed by atoms with Crippen LogP contribution in [0.5, 0.6) is 0 Å². The third kappa shape index (κ3) is 3.31.